The molecule has 78 valence electrons. The minimum absolute atomic E-state index is 0.145. The molecule has 0 saturated heterocycles. The lowest BCUT2D eigenvalue weighted by atomic mass is 10.0. The van der Waals surface area contributed by atoms with Crippen molar-refractivity contribution in [3.8, 4) is 0 Å². The fraction of sp³-hybridized carbons (Fsp3) is 0.333. The molecule has 1 rings (SSSR count). The van der Waals surface area contributed by atoms with Crippen LogP contribution in [0.1, 0.15) is 11.1 Å². The molecule has 0 radical (unpaired) electrons. The van der Waals surface area contributed by atoms with Gasteiger partial charge in [-0.25, -0.2) is 8.42 Å². The van der Waals surface area contributed by atoms with Crippen molar-refractivity contribution in [2.75, 3.05) is 11.5 Å². The van der Waals surface area contributed by atoms with E-state index in [2.05, 4.69) is 0 Å². The Hall–Kier alpha value is -1.07. The second kappa shape index (κ2) is 4.97. The average Bonchev–Trinajstić information content (AvgIpc) is 2.15. The minimum Gasteiger partial charge on any atom is -0.399 e. The second-order valence-electron chi connectivity index (χ2n) is 3.04. The molecule has 5 heteroatoms. The lowest BCUT2D eigenvalue weighted by Crippen LogP contribution is -2.05. The van der Waals surface area contributed by atoms with E-state index in [1.54, 1.807) is 12.1 Å². The fourth-order valence-corrected chi connectivity index (χ4v) is 1.71. The van der Waals surface area contributed by atoms with Gasteiger partial charge in [0.2, 0.25) is 0 Å². The Balaban J connectivity index is 2.87. The highest BCUT2D eigenvalue weighted by molar-refractivity contribution is 7.72. The van der Waals surface area contributed by atoms with Gasteiger partial charge < -0.3 is 11.5 Å². The van der Waals surface area contributed by atoms with Crippen LogP contribution in [-0.2, 0) is 23.7 Å². The maximum atomic E-state index is 10.4. The number of thiol groups is 1. The van der Waals surface area contributed by atoms with Gasteiger partial charge in [0.1, 0.15) is 10.7 Å². The molecule has 0 heterocycles. The first-order valence-electron chi connectivity index (χ1n) is 4.32. The van der Waals surface area contributed by atoms with Gasteiger partial charge in [-0.05, 0) is 29.7 Å². The highest BCUT2D eigenvalue weighted by Crippen LogP contribution is 2.13. The van der Waals surface area contributed by atoms with Gasteiger partial charge in [0, 0.05) is 12.2 Å². The number of aryl methyl sites for hydroxylation is 1. The predicted octanol–water partition coefficient (Wildman–Crippen LogP) is -0.119. The molecular formula is C9H14N2O2S. The molecule has 4 N–H and O–H groups in total. The molecule has 0 saturated carbocycles. The van der Waals surface area contributed by atoms with Crippen molar-refractivity contribution in [2.45, 2.75) is 13.0 Å². The molecular weight excluding hydrogens is 200 g/mol. The quantitative estimate of drug-likeness (QED) is 0.482. The van der Waals surface area contributed by atoms with E-state index in [1.165, 1.54) is 0 Å². The number of benzene rings is 1. The summed E-state index contributed by atoms with van der Waals surface area (Å²) in [5.74, 6) is 0.145. The highest BCUT2D eigenvalue weighted by Gasteiger charge is 2.02. The van der Waals surface area contributed by atoms with Crippen LogP contribution in [-0.4, -0.2) is 14.2 Å². The molecule has 0 aliphatic heterocycles. The summed E-state index contributed by atoms with van der Waals surface area (Å²) in [6.07, 6.45) is 0.482. The van der Waals surface area contributed by atoms with Crippen molar-refractivity contribution >= 4 is 16.4 Å². The summed E-state index contributed by atoms with van der Waals surface area (Å²) >= 11 is 0. The number of rotatable bonds is 4. The topological polar surface area (TPSA) is 86.2 Å². The van der Waals surface area contributed by atoms with Gasteiger partial charge in [0.15, 0.2) is 0 Å². The van der Waals surface area contributed by atoms with Gasteiger partial charge in [0.05, 0.1) is 5.75 Å². The van der Waals surface area contributed by atoms with E-state index in [-0.39, 0.29) is 5.75 Å². The van der Waals surface area contributed by atoms with E-state index in [4.69, 9.17) is 11.5 Å². The van der Waals surface area contributed by atoms with Crippen LogP contribution in [0.4, 0.5) is 5.69 Å². The summed E-state index contributed by atoms with van der Waals surface area (Å²) in [4.78, 5) is 0. The van der Waals surface area contributed by atoms with Crippen LogP contribution in [0, 0.1) is 0 Å². The molecule has 0 amide bonds. The number of nitrogen functional groups attached to an aromatic ring is 1. The summed E-state index contributed by atoms with van der Waals surface area (Å²) in [7, 11) is -2.33. The first-order chi connectivity index (χ1) is 6.63. The third-order valence-electron chi connectivity index (χ3n) is 2.01. The van der Waals surface area contributed by atoms with Gasteiger partial charge in [-0.2, -0.15) is 0 Å². The summed E-state index contributed by atoms with van der Waals surface area (Å²) in [5, 5.41) is 0. The molecule has 4 nitrogen and oxygen atoms in total. The van der Waals surface area contributed by atoms with Gasteiger partial charge >= 0.3 is 0 Å². The van der Waals surface area contributed by atoms with Crippen molar-refractivity contribution in [1.82, 2.24) is 0 Å². The molecule has 0 spiro atoms. The zero-order valence-electron chi connectivity index (χ0n) is 7.77. The first kappa shape index (κ1) is 11.0. The van der Waals surface area contributed by atoms with Crippen molar-refractivity contribution < 1.29 is 8.42 Å². The van der Waals surface area contributed by atoms with Crippen LogP contribution in [0.25, 0.3) is 0 Å². The van der Waals surface area contributed by atoms with E-state index in [1.807, 2.05) is 6.07 Å². The van der Waals surface area contributed by atoms with Gasteiger partial charge in [-0.1, -0.05) is 6.07 Å². The monoisotopic (exact) mass is 214 g/mol. The Morgan fingerprint density at radius 2 is 1.93 bits per heavy atom. The lowest BCUT2D eigenvalue weighted by Gasteiger charge is -2.06. The third kappa shape index (κ3) is 3.01. The van der Waals surface area contributed by atoms with Crippen LogP contribution < -0.4 is 11.5 Å². The molecule has 0 aromatic heterocycles. The Morgan fingerprint density at radius 1 is 1.21 bits per heavy atom. The van der Waals surface area contributed by atoms with E-state index in [0.717, 1.165) is 11.1 Å². The lowest BCUT2D eigenvalue weighted by molar-refractivity contribution is 0.613. The predicted molar refractivity (Wildman–Crippen MR) is 57.6 cm³/mol. The SMILES string of the molecule is NCc1ccc(N)cc1CC[SH](=O)=O. The molecule has 1 aromatic rings. The number of nitrogens with two attached hydrogens (primary N) is 2. The Bertz CT molecular complexity index is 380. The summed E-state index contributed by atoms with van der Waals surface area (Å²) in [5.41, 5.74) is 13.6. The molecule has 0 aliphatic carbocycles. The van der Waals surface area contributed by atoms with Crippen LogP contribution in [0.15, 0.2) is 18.2 Å². The second-order valence-corrected chi connectivity index (χ2v) is 4.15. The van der Waals surface area contributed by atoms with Gasteiger partial charge in [0.25, 0.3) is 0 Å². The van der Waals surface area contributed by atoms with Crippen LogP contribution in [0.2, 0.25) is 0 Å². The molecule has 0 bridgehead atoms. The number of hydrogen-bond donors (Lipinski definition) is 3. The Morgan fingerprint density at radius 3 is 2.50 bits per heavy atom. The highest BCUT2D eigenvalue weighted by atomic mass is 32.2. The van der Waals surface area contributed by atoms with Crippen LogP contribution in [0.3, 0.4) is 0 Å². The molecule has 14 heavy (non-hydrogen) atoms. The molecule has 0 aliphatic rings. The number of hydrogen-bond acceptors (Lipinski definition) is 4. The van der Waals surface area contributed by atoms with E-state index in [0.29, 0.717) is 18.7 Å². The smallest absolute Gasteiger partial charge is 0.140 e. The Kier molecular flexibility index (Phi) is 3.91. The van der Waals surface area contributed by atoms with E-state index >= 15 is 0 Å². The fourth-order valence-electron chi connectivity index (χ4n) is 1.29. The maximum Gasteiger partial charge on any atom is 0.140 e. The first-order valence-corrected chi connectivity index (χ1v) is 5.69. The van der Waals surface area contributed by atoms with Crippen molar-refractivity contribution in [3.63, 3.8) is 0 Å². The zero-order valence-corrected chi connectivity index (χ0v) is 8.67. The third-order valence-corrected chi connectivity index (χ3v) is 2.60. The molecule has 1 aromatic carbocycles. The maximum absolute atomic E-state index is 10.4. The summed E-state index contributed by atoms with van der Waals surface area (Å²) < 4.78 is 20.9. The van der Waals surface area contributed by atoms with Crippen LogP contribution >= 0.6 is 0 Å². The normalized spacial score (nSPS) is 10.7. The molecule has 0 fully saturated rings. The van der Waals surface area contributed by atoms with E-state index < -0.39 is 10.7 Å². The minimum atomic E-state index is -2.33. The van der Waals surface area contributed by atoms with Crippen molar-refractivity contribution in [3.05, 3.63) is 29.3 Å². The van der Waals surface area contributed by atoms with Gasteiger partial charge in [-0.3, -0.25) is 0 Å². The number of anilines is 1. The van der Waals surface area contributed by atoms with Crippen molar-refractivity contribution in [2.24, 2.45) is 5.73 Å². The van der Waals surface area contributed by atoms with Gasteiger partial charge in [-0.15, -0.1) is 0 Å². The average molecular weight is 214 g/mol. The largest absolute Gasteiger partial charge is 0.399 e. The molecule has 0 atom stereocenters. The Labute approximate surface area is 84.9 Å². The van der Waals surface area contributed by atoms with Crippen LogP contribution in [0.5, 0.6) is 0 Å². The molecule has 0 unspecified atom stereocenters. The summed E-state index contributed by atoms with van der Waals surface area (Å²) in [6.45, 7) is 0.408. The zero-order chi connectivity index (χ0) is 10.6. The van der Waals surface area contributed by atoms with E-state index in [9.17, 15) is 8.42 Å². The van der Waals surface area contributed by atoms with Crippen molar-refractivity contribution in [1.29, 1.82) is 0 Å². The summed E-state index contributed by atoms with van der Waals surface area (Å²) in [6, 6.07) is 5.38. The standard InChI is InChI=1S/C9H14N2O2S/c10-6-8-1-2-9(11)5-7(8)3-4-14(12)13/h1-2,5,14H,3-4,6,10-11H2.